The second-order valence-electron chi connectivity index (χ2n) is 11.9. The quantitative estimate of drug-likeness (QED) is 0.138. The Labute approximate surface area is 248 Å². The molecule has 0 saturated carbocycles. The van der Waals surface area contributed by atoms with Gasteiger partial charge < -0.3 is 19.7 Å². The average Bonchev–Trinajstić information content (AvgIpc) is 3.12. The van der Waals surface area contributed by atoms with Gasteiger partial charge >= 0.3 is 28.5 Å². The Bertz CT molecular complexity index is 1050. The molecule has 2 aliphatic heterocycles. The zero-order valence-electron chi connectivity index (χ0n) is 25.4. The maximum atomic E-state index is 12.9. The molecule has 0 aromatic heterocycles. The van der Waals surface area contributed by atoms with Crippen molar-refractivity contribution in [3.63, 3.8) is 0 Å². The van der Waals surface area contributed by atoms with E-state index in [1.165, 1.54) is 18.7 Å². The number of hydroxylamine groups is 3. The van der Waals surface area contributed by atoms with Crippen LogP contribution in [0.4, 0.5) is 9.59 Å². The third kappa shape index (κ3) is 11.5. The molecule has 2 rings (SSSR count). The number of unbranched alkanes of at least 4 members (excludes halogenated alkanes) is 4. The molecule has 2 aliphatic rings. The molecule has 2 saturated heterocycles. The van der Waals surface area contributed by atoms with E-state index < -0.39 is 64.1 Å². The summed E-state index contributed by atoms with van der Waals surface area (Å²) in [5.41, 5.74) is 0.314. The number of ether oxygens (including phenoxy) is 2. The van der Waals surface area contributed by atoms with E-state index in [-0.39, 0.29) is 39.1 Å². The second kappa shape index (κ2) is 15.7. The Kier molecular flexibility index (Phi) is 13.3. The van der Waals surface area contributed by atoms with Gasteiger partial charge in [-0.2, -0.15) is 13.5 Å². The number of hydrogen-bond acceptors (Lipinski definition) is 11. The number of rotatable bonds is 17. The Balaban J connectivity index is 1.78. The van der Waals surface area contributed by atoms with Gasteiger partial charge in [0.15, 0.2) is 0 Å². The normalized spacial score (nSPS) is 19.0. The number of nitrogens with one attached hydrogen (secondary N) is 2. The number of carbonyl (C=O) groups excluding carboxylic acids is 4. The lowest BCUT2D eigenvalue weighted by atomic mass is 9.95. The van der Waals surface area contributed by atoms with Crippen molar-refractivity contribution in [2.45, 2.75) is 104 Å². The van der Waals surface area contributed by atoms with Gasteiger partial charge in [0.2, 0.25) is 0 Å². The maximum Gasteiger partial charge on any atom is 0.421 e. The molecule has 15 nitrogen and oxygen atoms in total. The lowest BCUT2D eigenvalue weighted by molar-refractivity contribution is -0.156. The van der Waals surface area contributed by atoms with Gasteiger partial charge in [0, 0.05) is 13.1 Å². The highest BCUT2D eigenvalue weighted by molar-refractivity contribution is 7.81. The van der Waals surface area contributed by atoms with Crippen LogP contribution < -0.4 is 10.8 Å². The van der Waals surface area contributed by atoms with Crippen molar-refractivity contribution in [1.29, 1.82) is 0 Å². The highest BCUT2D eigenvalue weighted by atomic mass is 32.3. The number of fused-ring (bicyclic) bond motifs is 2. The molecule has 42 heavy (non-hydrogen) atoms. The fourth-order valence-electron chi connectivity index (χ4n) is 4.18. The van der Waals surface area contributed by atoms with E-state index in [1.807, 2.05) is 0 Å². The summed E-state index contributed by atoms with van der Waals surface area (Å²) in [6.07, 6.45) is 4.81. The van der Waals surface area contributed by atoms with Crippen molar-refractivity contribution in [3.05, 3.63) is 0 Å². The van der Waals surface area contributed by atoms with Crippen molar-refractivity contribution in [2.24, 2.45) is 5.41 Å². The largest absolute Gasteiger partial charge is 0.465 e. The fraction of sp³-hybridized carbons (Fsp3) is 0.846. The molecular weight excluding hydrogens is 576 g/mol. The van der Waals surface area contributed by atoms with Crippen molar-refractivity contribution in [3.8, 4) is 0 Å². The summed E-state index contributed by atoms with van der Waals surface area (Å²) >= 11 is 0. The second-order valence-corrected chi connectivity index (χ2v) is 13.1. The fourth-order valence-corrected chi connectivity index (χ4v) is 5.04. The minimum Gasteiger partial charge on any atom is -0.465 e. The number of urea groups is 1. The summed E-state index contributed by atoms with van der Waals surface area (Å²) in [6, 6.07) is -2.36. The van der Waals surface area contributed by atoms with Crippen molar-refractivity contribution in [2.75, 3.05) is 32.9 Å². The molecule has 16 heteroatoms. The predicted molar refractivity (Wildman–Crippen MR) is 149 cm³/mol. The van der Waals surface area contributed by atoms with Crippen LogP contribution in [0.1, 0.15) is 86.5 Å². The number of hydrogen-bond donors (Lipinski definition) is 2. The van der Waals surface area contributed by atoms with E-state index in [9.17, 15) is 27.6 Å². The van der Waals surface area contributed by atoms with E-state index in [0.29, 0.717) is 5.06 Å². The van der Waals surface area contributed by atoms with E-state index in [4.69, 9.17) is 22.8 Å². The maximum absolute atomic E-state index is 12.9. The van der Waals surface area contributed by atoms with Gasteiger partial charge in [-0.3, -0.25) is 14.4 Å². The van der Waals surface area contributed by atoms with Crippen molar-refractivity contribution < 1.29 is 50.4 Å². The molecule has 4 amide bonds. The highest BCUT2D eigenvalue weighted by Crippen LogP contribution is 2.31. The first kappa shape index (κ1) is 35.5. The van der Waals surface area contributed by atoms with Gasteiger partial charge in [-0.1, -0.05) is 32.6 Å². The third-order valence-electron chi connectivity index (χ3n) is 6.44. The van der Waals surface area contributed by atoms with Crippen molar-refractivity contribution in [1.82, 2.24) is 20.8 Å². The van der Waals surface area contributed by atoms with Gasteiger partial charge in [-0.25, -0.2) is 19.3 Å². The standard InChI is InChI=1S/C26H46N4O11S/c1-7-8-9-10-11-15-37-22(32)26(5,6)18-39-42(35,36)41-30-19-12-13-20(29(17-19)24(30)34)21(31)28-38-16-14-27-23(33)40-25(2,3)4/h19-20H,7-18H2,1-6H3,(H,27,33)(H,28,31)/t19-,20+/m1/s1. The molecule has 2 N–H and O–H groups in total. The van der Waals surface area contributed by atoms with Gasteiger partial charge in [0.1, 0.15) is 11.6 Å². The zero-order chi connectivity index (χ0) is 31.6. The first-order chi connectivity index (χ1) is 19.6. The van der Waals surface area contributed by atoms with Gasteiger partial charge in [0.25, 0.3) is 5.91 Å². The topological polar surface area (TPSA) is 179 Å². The molecule has 0 spiro atoms. The molecule has 0 aliphatic carbocycles. The number of alkyl carbamates (subject to hydrolysis) is 1. The predicted octanol–water partition coefficient (Wildman–Crippen LogP) is 2.56. The first-order valence-corrected chi connectivity index (χ1v) is 15.6. The molecular formula is C26H46N4O11S. The number of esters is 1. The molecule has 0 aromatic rings. The average molecular weight is 623 g/mol. The Morgan fingerprint density at radius 2 is 1.69 bits per heavy atom. The van der Waals surface area contributed by atoms with Crippen LogP contribution in [0.25, 0.3) is 0 Å². The first-order valence-electron chi connectivity index (χ1n) is 14.3. The Morgan fingerprint density at radius 1 is 1.00 bits per heavy atom. The Morgan fingerprint density at radius 3 is 2.36 bits per heavy atom. The Hall–Kier alpha value is -2.69. The molecule has 242 valence electrons. The third-order valence-corrected chi connectivity index (χ3v) is 7.19. The minimum atomic E-state index is -4.71. The summed E-state index contributed by atoms with van der Waals surface area (Å²) in [6.45, 7) is 10.0. The van der Waals surface area contributed by atoms with Crippen LogP contribution >= 0.6 is 0 Å². The summed E-state index contributed by atoms with van der Waals surface area (Å²) < 4.78 is 45.3. The number of nitrogens with zero attached hydrogens (tertiary/aromatic N) is 2. The molecule has 0 radical (unpaired) electrons. The molecule has 0 unspecified atom stereocenters. The molecule has 0 aromatic carbocycles. The monoisotopic (exact) mass is 622 g/mol. The lowest BCUT2D eigenvalue weighted by Gasteiger charge is -2.28. The van der Waals surface area contributed by atoms with Crippen LogP contribution in [0.5, 0.6) is 0 Å². The summed E-state index contributed by atoms with van der Waals surface area (Å²) in [5.74, 6) is -1.21. The van der Waals surface area contributed by atoms with Crippen LogP contribution in [0.15, 0.2) is 0 Å². The highest BCUT2D eigenvalue weighted by Gasteiger charge is 2.50. The molecule has 2 heterocycles. The van der Waals surface area contributed by atoms with Crippen LogP contribution in [-0.4, -0.2) is 93.0 Å². The van der Waals surface area contributed by atoms with Crippen LogP contribution in [-0.2, 0) is 42.8 Å². The van der Waals surface area contributed by atoms with Crippen LogP contribution in [0.2, 0.25) is 0 Å². The summed E-state index contributed by atoms with van der Waals surface area (Å²) in [4.78, 5) is 55.9. The number of amides is 4. The van der Waals surface area contributed by atoms with Crippen LogP contribution in [0.3, 0.4) is 0 Å². The van der Waals surface area contributed by atoms with Crippen molar-refractivity contribution >= 4 is 34.4 Å². The SMILES string of the molecule is CCCCCCCOC(=O)C(C)(C)COS(=O)(=O)ON1C(=O)N2C[C@H]1CC[C@H]2C(=O)NOCCNC(=O)OC(C)(C)C. The molecule has 2 bridgehead atoms. The number of piperidine rings is 1. The molecule has 2 fully saturated rings. The van der Waals surface area contributed by atoms with E-state index >= 15 is 0 Å². The van der Waals surface area contributed by atoms with E-state index in [0.717, 1.165) is 32.1 Å². The minimum absolute atomic E-state index is 0.0536. The summed E-state index contributed by atoms with van der Waals surface area (Å²) in [7, 11) is -4.71. The van der Waals surface area contributed by atoms with Gasteiger partial charge in [0.05, 0.1) is 31.3 Å². The molecule has 2 atom stereocenters. The lowest BCUT2D eigenvalue weighted by Crippen LogP contribution is -2.50. The van der Waals surface area contributed by atoms with Crippen LogP contribution in [0, 0.1) is 5.41 Å². The summed E-state index contributed by atoms with van der Waals surface area (Å²) in [5, 5.41) is 3.15. The van der Waals surface area contributed by atoms with E-state index in [2.05, 4.69) is 17.7 Å². The van der Waals surface area contributed by atoms with Gasteiger partial charge in [-0.15, -0.1) is 4.28 Å². The van der Waals surface area contributed by atoms with Gasteiger partial charge in [-0.05, 0) is 53.9 Å². The van der Waals surface area contributed by atoms with E-state index in [1.54, 1.807) is 20.8 Å². The smallest absolute Gasteiger partial charge is 0.421 e. The zero-order valence-corrected chi connectivity index (χ0v) is 26.2. The number of carbonyl (C=O) groups is 4.